The molecule has 6 heteroatoms. The van der Waals surface area contributed by atoms with Gasteiger partial charge in [0.15, 0.2) is 11.6 Å². The van der Waals surface area contributed by atoms with Crippen LogP contribution in [0.25, 0.3) is 131 Å². The molecule has 0 radical (unpaired) electrons. The number of para-hydroxylation sites is 3. The fourth-order valence-electron chi connectivity index (χ4n) is 11.1. The van der Waals surface area contributed by atoms with Gasteiger partial charge in [0.25, 0.3) is 0 Å². The van der Waals surface area contributed by atoms with Crippen molar-refractivity contribution in [1.82, 2.24) is 24.1 Å². The molecular weight excluding hydrogens is 823 g/mol. The second kappa shape index (κ2) is 13.5. The van der Waals surface area contributed by atoms with Crippen LogP contribution in [0.4, 0.5) is 0 Å². The number of nitrogens with zero attached hydrogens (tertiary/aromatic N) is 5. The van der Waals surface area contributed by atoms with E-state index in [2.05, 4.69) is 209 Å². The highest BCUT2D eigenvalue weighted by atomic mass is 32.1. The molecule has 0 saturated carbocycles. The Hall–Kier alpha value is -8.45. The first-order valence-electron chi connectivity index (χ1n) is 22.5. The number of rotatable bonds is 4. The lowest BCUT2D eigenvalue weighted by Crippen LogP contribution is -2.09. The van der Waals surface area contributed by atoms with Crippen molar-refractivity contribution in [3.63, 3.8) is 0 Å². The predicted octanol–water partition coefficient (Wildman–Crippen LogP) is 15.6. The molecule has 4 aromatic heterocycles. The van der Waals surface area contributed by atoms with E-state index in [1.165, 1.54) is 74.7 Å². The number of thiophene rings is 1. The van der Waals surface area contributed by atoms with E-state index >= 15 is 0 Å². The third-order valence-electron chi connectivity index (χ3n) is 14.0. The van der Waals surface area contributed by atoms with Gasteiger partial charge in [-0.05, 0) is 104 Å². The summed E-state index contributed by atoms with van der Waals surface area (Å²) >= 11 is 1.82. The lowest BCUT2D eigenvalue weighted by atomic mass is 9.96. The van der Waals surface area contributed by atoms with Gasteiger partial charge >= 0.3 is 0 Å². The number of fused-ring (bicyclic) bond motifs is 15. The van der Waals surface area contributed by atoms with Crippen molar-refractivity contribution in [2.24, 2.45) is 0 Å². The first-order valence-corrected chi connectivity index (χ1v) is 23.3. The average molecular weight is 858 g/mol. The minimum atomic E-state index is 0.580. The Labute approximate surface area is 382 Å². The number of benzene rings is 10. The van der Waals surface area contributed by atoms with Crippen LogP contribution in [-0.2, 0) is 6.42 Å². The molecule has 306 valence electrons. The van der Waals surface area contributed by atoms with E-state index in [9.17, 15) is 0 Å². The first kappa shape index (κ1) is 35.9. The van der Waals surface area contributed by atoms with E-state index < -0.39 is 0 Å². The molecule has 1 aliphatic carbocycles. The van der Waals surface area contributed by atoms with E-state index in [4.69, 9.17) is 15.0 Å². The Kier molecular flexibility index (Phi) is 7.37. The largest absolute Gasteiger partial charge is 0.308 e. The second-order valence-electron chi connectivity index (χ2n) is 17.5. The molecule has 0 atom stereocenters. The number of hydrogen-bond donors (Lipinski definition) is 0. The van der Waals surface area contributed by atoms with E-state index in [-0.39, 0.29) is 0 Å². The summed E-state index contributed by atoms with van der Waals surface area (Å²) in [5, 5.41) is 12.1. The van der Waals surface area contributed by atoms with Crippen molar-refractivity contribution >= 4 is 96.7 Å². The van der Waals surface area contributed by atoms with Gasteiger partial charge in [0.2, 0.25) is 5.95 Å². The standard InChI is InChI=1S/C60H35N5S/c1-2-15-37-34-53-47(31-36(37)14-1)43-19-7-9-21-50(43)64(53)57-46(29-28-45-49(57)32-38-26-25-35-13-3-4-16-40(35)56(38)45)59-61-58(39-27-30-55-48(33-39)44-20-8-12-24-54(44)66-55)62-60(63-59)65-51-22-10-5-17-41(51)42-18-6-11-23-52(42)65/h1-31,33-34H,32H2. The normalized spacial score (nSPS) is 12.5. The summed E-state index contributed by atoms with van der Waals surface area (Å²) in [5.74, 6) is 1.83. The minimum Gasteiger partial charge on any atom is -0.308 e. The molecule has 10 aromatic carbocycles. The maximum absolute atomic E-state index is 5.61. The van der Waals surface area contributed by atoms with Crippen molar-refractivity contribution in [3.05, 3.63) is 211 Å². The van der Waals surface area contributed by atoms with Crippen molar-refractivity contribution in [2.45, 2.75) is 6.42 Å². The molecule has 0 fully saturated rings. The summed E-state index contributed by atoms with van der Waals surface area (Å²) in [4.78, 5) is 16.6. The highest BCUT2D eigenvalue weighted by Crippen LogP contribution is 2.49. The van der Waals surface area contributed by atoms with Gasteiger partial charge < -0.3 is 4.57 Å². The molecule has 66 heavy (non-hydrogen) atoms. The SMILES string of the molecule is c1ccc2cc3c(cc2c1)c1ccccc1n3-c1c(-c2nc(-c3ccc4sc5ccccc5c4c3)nc(-n3c4ccccc4c4ccccc43)n2)ccc2c1Cc1ccc3ccccc3c1-2. The van der Waals surface area contributed by atoms with Gasteiger partial charge in [0.05, 0.1) is 27.8 Å². The lowest BCUT2D eigenvalue weighted by Gasteiger charge is -2.19. The molecule has 15 rings (SSSR count). The lowest BCUT2D eigenvalue weighted by molar-refractivity contribution is 0.951. The number of hydrogen-bond acceptors (Lipinski definition) is 4. The average Bonchev–Trinajstić information content (AvgIpc) is 4.13. The van der Waals surface area contributed by atoms with Gasteiger partial charge in [-0.3, -0.25) is 4.57 Å². The van der Waals surface area contributed by atoms with Crippen molar-refractivity contribution in [2.75, 3.05) is 0 Å². The zero-order valence-electron chi connectivity index (χ0n) is 35.4. The Bertz CT molecular complexity index is 4340. The fourth-order valence-corrected chi connectivity index (χ4v) is 12.2. The summed E-state index contributed by atoms with van der Waals surface area (Å²) in [6.45, 7) is 0. The molecule has 0 saturated heterocycles. The summed E-state index contributed by atoms with van der Waals surface area (Å²) in [7, 11) is 0. The Balaban J connectivity index is 1.08. The summed E-state index contributed by atoms with van der Waals surface area (Å²) < 4.78 is 7.23. The summed E-state index contributed by atoms with van der Waals surface area (Å²) in [6, 6.07) is 72.7. The maximum Gasteiger partial charge on any atom is 0.238 e. The molecule has 1 aliphatic rings. The van der Waals surface area contributed by atoms with Crippen LogP contribution >= 0.6 is 11.3 Å². The Morgan fingerprint density at radius 1 is 0.379 bits per heavy atom. The van der Waals surface area contributed by atoms with E-state index in [1.807, 2.05) is 11.3 Å². The van der Waals surface area contributed by atoms with Crippen LogP contribution in [0.15, 0.2) is 200 Å². The predicted molar refractivity (Wildman–Crippen MR) is 276 cm³/mol. The van der Waals surface area contributed by atoms with Crippen molar-refractivity contribution in [1.29, 1.82) is 0 Å². The maximum atomic E-state index is 5.61. The topological polar surface area (TPSA) is 48.5 Å². The van der Waals surface area contributed by atoms with Crippen LogP contribution in [0.2, 0.25) is 0 Å². The van der Waals surface area contributed by atoms with Crippen LogP contribution < -0.4 is 0 Å². The van der Waals surface area contributed by atoms with Crippen LogP contribution in [0.5, 0.6) is 0 Å². The van der Waals surface area contributed by atoms with E-state index in [0.717, 1.165) is 56.1 Å². The van der Waals surface area contributed by atoms with Gasteiger partial charge in [0, 0.05) is 59.3 Å². The van der Waals surface area contributed by atoms with Crippen LogP contribution in [0.3, 0.4) is 0 Å². The second-order valence-corrected chi connectivity index (χ2v) is 18.6. The molecule has 0 bridgehead atoms. The van der Waals surface area contributed by atoms with Crippen LogP contribution in [0, 0.1) is 0 Å². The molecule has 0 spiro atoms. The molecular formula is C60H35N5S. The van der Waals surface area contributed by atoms with Crippen LogP contribution in [0.1, 0.15) is 11.1 Å². The highest BCUT2D eigenvalue weighted by molar-refractivity contribution is 7.25. The van der Waals surface area contributed by atoms with Gasteiger partial charge in [-0.25, -0.2) is 4.98 Å². The quantitative estimate of drug-likeness (QED) is 0.177. The fraction of sp³-hybridized carbons (Fsp3) is 0.0167. The van der Waals surface area contributed by atoms with Gasteiger partial charge in [-0.15, -0.1) is 11.3 Å². The van der Waals surface area contributed by atoms with Gasteiger partial charge in [0.1, 0.15) is 0 Å². The zero-order chi connectivity index (χ0) is 43.0. The smallest absolute Gasteiger partial charge is 0.238 e. The highest BCUT2D eigenvalue weighted by Gasteiger charge is 2.30. The van der Waals surface area contributed by atoms with Gasteiger partial charge in [-0.2, -0.15) is 9.97 Å². The minimum absolute atomic E-state index is 0.580. The number of aromatic nitrogens is 5. The monoisotopic (exact) mass is 857 g/mol. The van der Waals surface area contributed by atoms with E-state index in [1.54, 1.807) is 0 Å². The third kappa shape index (κ3) is 5.07. The molecule has 4 heterocycles. The molecule has 0 unspecified atom stereocenters. The Morgan fingerprint density at radius 3 is 1.74 bits per heavy atom. The molecule has 14 aromatic rings. The van der Waals surface area contributed by atoms with E-state index in [0.29, 0.717) is 17.6 Å². The molecule has 0 aliphatic heterocycles. The Morgan fingerprint density at radius 2 is 0.970 bits per heavy atom. The third-order valence-corrected chi connectivity index (χ3v) is 15.1. The first-order chi connectivity index (χ1) is 32.7. The zero-order valence-corrected chi connectivity index (χ0v) is 36.2. The van der Waals surface area contributed by atoms with Crippen molar-refractivity contribution in [3.8, 4) is 45.5 Å². The summed E-state index contributed by atoms with van der Waals surface area (Å²) in [6.07, 6.45) is 0.778. The van der Waals surface area contributed by atoms with Gasteiger partial charge in [-0.1, -0.05) is 140 Å². The van der Waals surface area contributed by atoms with Crippen molar-refractivity contribution < 1.29 is 0 Å². The molecule has 0 amide bonds. The molecule has 0 N–H and O–H groups in total. The summed E-state index contributed by atoms with van der Waals surface area (Å²) in [5.41, 5.74) is 12.5. The van der Waals surface area contributed by atoms with Crippen LogP contribution in [-0.4, -0.2) is 24.1 Å². The molecule has 5 nitrogen and oxygen atoms in total.